The maximum Gasteiger partial charge on any atom is 0.101 e. The highest BCUT2D eigenvalue weighted by Gasteiger charge is 2.37. The second-order valence-corrected chi connectivity index (χ2v) is 5.42. The molecule has 100 valence electrons. The van der Waals surface area contributed by atoms with Crippen molar-refractivity contribution in [3.05, 3.63) is 36.0 Å². The minimum atomic E-state index is -0.489. The molecule has 0 aromatic carbocycles. The Kier molecular flexibility index (Phi) is 4.05. The van der Waals surface area contributed by atoms with E-state index in [0.29, 0.717) is 6.04 Å². The molecule has 0 fully saturated rings. The third-order valence-corrected chi connectivity index (χ3v) is 3.96. The zero-order valence-corrected chi connectivity index (χ0v) is 11.6. The first-order chi connectivity index (χ1) is 8.58. The Labute approximate surface area is 110 Å². The molecule has 2 unspecified atom stereocenters. The molecule has 1 aliphatic heterocycles. The summed E-state index contributed by atoms with van der Waals surface area (Å²) >= 11 is 0. The van der Waals surface area contributed by atoms with Gasteiger partial charge in [0, 0.05) is 26.2 Å². The highest BCUT2D eigenvalue weighted by molar-refractivity contribution is 5.39. The highest BCUT2D eigenvalue weighted by Crippen LogP contribution is 2.29. The molecule has 0 aromatic heterocycles. The Morgan fingerprint density at radius 2 is 2.22 bits per heavy atom. The van der Waals surface area contributed by atoms with Crippen LogP contribution < -0.4 is 5.73 Å². The minimum Gasteiger partial charge on any atom is -0.375 e. The van der Waals surface area contributed by atoms with Crippen LogP contribution in [0, 0.1) is 0 Å². The van der Waals surface area contributed by atoms with Gasteiger partial charge >= 0.3 is 0 Å². The number of hydrogen-bond donors (Lipinski definition) is 1. The van der Waals surface area contributed by atoms with Gasteiger partial charge in [0.25, 0.3) is 0 Å². The first-order valence-electron chi connectivity index (χ1n) is 6.69. The van der Waals surface area contributed by atoms with E-state index in [9.17, 15) is 0 Å². The molecular weight excluding hydrogens is 224 g/mol. The molecule has 0 saturated carbocycles. The lowest BCUT2D eigenvalue weighted by atomic mass is 9.80. The van der Waals surface area contributed by atoms with Gasteiger partial charge in [-0.1, -0.05) is 30.4 Å². The molecule has 0 aromatic rings. The lowest BCUT2D eigenvalue weighted by Gasteiger charge is -2.41. The van der Waals surface area contributed by atoms with Crippen molar-refractivity contribution in [2.75, 3.05) is 20.2 Å². The van der Waals surface area contributed by atoms with E-state index in [2.05, 4.69) is 30.9 Å². The smallest absolute Gasteiger partial charge is 0.101 e. The Balaban J connectivity index is 2.22. The monoisotopic (exact) mass is 248 g/mol. The van der Waals surface area contributed by atoms with Crippen molar-refractivity contribution in [2.24, 2.45) is 5.73 Å². The SMILES string of the molecule is COC1C=CC=CC1(N)C1=CCCN(C(C)C)C1. The van der Waals surface area contributed by atoms with Crippen LogP contribution in [-0.2, 0) is 4.74 Å². The molecule has 0 radical (unpaired) electrons. The Morgan fingerprint density at radius 3 is 2.89 bits per heavy atom. The van der Waals surface area contributed by atoms with Crippen molar-refractivity contribution in [2.45, 2.75) is 38.0 Å². The quantitative estimate of drug-likeness (QED) is 0.775. The molecule has 0 spiro atoms. The van der Waals surface area contributed by atoms with Crippen LogP contribution in [-0.4, -0.2) is 42.8 Å². The molecule has 1 heterocycles. The van der Waals surface area contributed by atoms with Gasteiger partial charge in [-0.3, -0.25) is 4.90 Å². The normalized spacial score (nSPS) is 32.9. The van der Waals surface area contributed by atoms with Gasteiger partial charge in [-0.25, -0.2) is 0 Å². The summed E-state index contributed by atoms with van der Waals surface area (Å²) in [5.41, 5.74) is 7.38. The fourth-order valence-electron chi connectivity index (χ4n) is 2.72. The lowest BCUT2D eigenvalue weighted by molar-refractivity contribution is 0.0962. The fourth-order valence-corrected chi connectivity index (χ4v) is 2.72. The number of nitrogens with two attached hydrogens (primary N) is 1. The number of nitrogens with zero attached hydrogens (tertiary/aromatic N) is 1. The van der Waals surface area contributed by atoms with E-state index in [0.717, 1.165) is 19.5 Å². The number of hydrogen-bond acceptors (Lipinski definition) is 3. The van der Waals surface area contributed by atoms with Crippen LogP contribution in [0.15, 0.2) is 36.0 Å². The Morgan fingerprint density at radius 1 is 1.44 bits per heavy atom. The van der Waals surface area contributed by atoms with Crippen molar-refractivity contribution in [3.63, 3.8) is 0 Å². The Bertz CT molecular complexity index is 384. The molecule has 2 rings (SSSR count). The number of rotatable bonds is 3. The summed E-state index contributed by atoms with van der Waals surface area (Å²) in [5.74, 6) is 0. The number of ether oxygens (including phenoxy) is 1. The molecule has 3 heteroatoms. The molecule has 0 saturated heterocycles. The fraction of sp³-hybridized carbons (Fsp3) is 0.600. The van der Waals surface area contributed by atoms with Crippen molar-refractivity contribution < 1.29 is 4.74 Å². The highest BCUT2D eigenvalue weighted by atomic mass is 16.5. The number of allylic oxidation sites excluding steroid dienone is 2. The molecule has 18 heavy (non-hydrogen) atoms. The van der Waals surface area contributed by atoms with E-state index >= 15 is 0 Å². The van der Waals surface area contributed by atoms with Crippen LogP contribution in [0.2, 0.25) is 0 Å². The average molecular weight is 248 g/mol. The molecule has 3 nitrogen and oxygen atoms in total. The molecular formula is C15H24N2O. The Hall–Kier alpha value is -0.900. The molecule has 1 aliphatic carbocycles. The van der Waals surface area contributed by atoms with E-state index in [-0.39, 0.29) is 6.10 Å². The minimum absolute atomic E-state index is 0.0686. The zero-order chi connectivity index (χ0) is 13.2. The summed E-state index contributed by atoms with van der Waals surface area (Å²) in [7, 11) is 1.72. The molecule has 2 N–H and O–H groups in total. The molecule has 2 atom stereocenters. The van der Waals surface area contributed by atoms with E-state index in [1.54, 1.807) is 7.11 Å². The standard InChI is InChI=1S/C15H24N2O/c1-12(2)17-10-6-7-13(11-17)15(16)9-5-4-8-14(15)18-3/h4-5,7-9,12,14H,6,10-11,16H2,1-3H3. The largest absolute Gasteiger partial charge is 0.375 e. The summed E-state index contributed by atoms with van der Waals surface area (Å²) in [6.07, 6.45) is 11.4. The topological polar surface area (TPSA) is 38.5 Å². The van der Waals surface area contributed by atoms with Crippen LogP contribution in [0.1, 0.15) is 20.3 Å². The maximum atomic E-state index is 6.59. The predicted octanol–water partition coefficient (Wildman–Crippen LogP) is 1.87. The van der Waals surface area contributed by atoms with E-state index < -0.39 is 5.54 Å². The van der Waals surface area contributed by atoms with Gasteiger partial charge in [0.1, 0.15) is 6.10 Å². The van der Waals surface area contributed by atoms with Gasteiger partial charge in [0.05, 0.1) is 5.54 Å². The van der Waals surface area contributed by atoms with Gasteiger partial charge in [0.2, 0.25) is 0 Å². The first-order valence-corrected chi connectivity index (χ1v) is 6.69. The second kappa shape index (κ2) is 5.39. The second-order valence-electron chi connectivity index (χ2n) is 5.42. The summed E-state index contributed by atoms with van der Waals surface area (Å²) < 4.78 is 5.53. The van der Waals surface area contributed by atoms with Crippen LogP contribution in [0.4, 0.5) is 0 Å². The summed E-state index contributed by atoms with van der Waals surface area (Å²) in [5, 5.41) is 0. The van der Waals surface area contributed by atoms with Crippen molar-refractivity contribution in [3.8, 4) is 0 Å². The third kappa shape index (κ3) is 2.44. The van der Waals surface area contributed by atoms with Crippen LogP contribution in [0.25, 0.3) is 0 Å². The van der Waals surface area contributed by atoms with Crippen molar-refractivity contribution in [1.82, 2.24) is 4.90 Å². The van der Waals surface area contributed by atoms with E-state index in [1.165, 1.54) is 5.57 Å². The molecule has 2 aliphatic rings. The summed E-state index contributed by atoms with van der Waals surface area (Å²) in [6.45, 7) is 6.52. The predicted molar refractivity (Wildman–Crippen MR) is 75.4 cm³/mol. The third-order valence-electron chi connectivity index (χ3n) is 3.96. The summed E-state index contributed by atoms with van der Waals surface area (Å²) in [6, 6.07) is 0.557. The van der Waals surface area contributed by atoms with Gasteiger partial charge in [0.15, 0.2) is 0 Å². The van der Waals surface area contributed by atoms with Gasteiger partial charge in [-0.15, -0.1) is 0 Å². The van der Waals surface area contributed by atoms with Gasteiger partial charge in [-0.2, -0.15) is 0 Å². The van der Waals surface area contributed by atoms with Crippen LogP contribution in [0.5, 0.6) is 0 Å². The van der Waals surface area contributed by atoms with Gasteiger partial charge in [-0.05, 0) is 25.8 Å². The lowest BCUT2D eigenvalue weighted by Crippen LogP contribution is -2.55. The van der Waals surface area contributed by atoms with Gasteiger partial charge < -0.3 is 10.5 Å². The average Bonchev–Trinajstić information content (AvgIpc) is 2.39. The first kappa shape index (κ1) is 13.5. The van der Waals surface area contributed by atoms with Crippen molar-refractivity contribution in [1.29, 1.82) is 0 Å². The molecule has 0 bridgehead atoms. The van der Waals surface area contributed by atoms with Crippen molar-refractivity contribution >= 4 is 0 Å². The van der Waals surface area contributed by atoms with Crippen LogP contribution >= 0.6 is 0 Å². The number of methoxy groups -OCH3 is 1. The zero-order valence-electron chi connectivity index (χ0n) is 11.6. The summed E-state index contributed by atoms with van der Waals surface area (Å²) in [4.78, 5) is 2.46. The van der Waals surface area contributed by atoms with E-state index in [4.69, 9.17) is 10.5 Å². The van der Waals surface area contributed by atoms with Crippen LogP contribution in [0.3, 0.4) is 0 Å². The maximum absolute atomic E-state index is 6.59. The molecule has 0 amide bonds. The van der Waals surface area contributed by atoms with E-state index in [1.807, 2.05) is 18.2 Å².